The van der Waals surface area contributed by atoms with E-state index in [1.165, 1.54) is 21.5 Å². The fourth-order valence-corrected chi connectivity index (χ4v) is 8.23. The van der Waals surface area contributed by atoms with Gasteiger partial charge in [-0.25, -0.2) is 9.97 Å². The van der Waals surface area contributed by atoms with Gasteiger partial charge in [0.25, 0.3) is 0 Å². The van der Waals surface area contributed by atoms with E-state index in [1.54, 1.807) is 0 Å². The highest BCUT2D eigenvalue weighted by molar-refractivity contribution is 6.36. The van der Waals surface area contributed by atoms with Crippen LogP contribution in [0.5, 0.6) is 0 Å². The lowest BCUT2D eigenvalue weighted by molar-refractivity contribution is 1.16. The van der Waals surface area contributed by atoms with E-state index in [4.69, 9.17) is 15.0 Å². The van der Waals surface area contributed by atoms with Crippen LogP contribution in [0.1, 0.15) is 0 Å². The fourth-order valence-electron chi connectivity index (χ4n) is 8.23. The summed E-state index contributed by atoms with van der Waals surface area (Å²) >= 11 is 0. The molecule has 0 fully saturated rings. The Morgan fingerprint density at radius 3 is 1.63 bits per heavy atom. The lowest BCUT2D eigenvalue weighted by Gasteiger charge is -2.14. The summed E-state index contributed by atoms with van der Waals surface area (Å²) in [5.41, 5.74) is 12.5. The van der Waals surface area contributed by atoms with Gasteiger partial charge in [0.05, 0.1) is 39.0 Å². The van der Waals surface area contributed by atoms with E-state index in [-0.39, 0.29) is 0 Å². The highest BCUT2D eigenvalue weighted by Crippen LogP contribution is 2.46. The largest absolute Gasteiger partial charge is 0.308 e. The maximum atomic E-state index is 5.18. The molecule has 0 radical (unpaired) electrons. The number of hydrogen-bond donors (Lipinski definition) is 0. The summed E-state index contributed by atoms with van der Waals surface area (Å²) in [6.07, 6.45) is 1.92. The third-order valence-corrected chi connectivity index (χ3v) is 10.5. The highest BCUT2D eigenvalue weighted by Gasteiger charge is 2.25. The Hall–Kier alpha value is -7.37. The lowest BCUT2D eigenvalue weighted by Crippen LogP contribution is -1.98. The van der Waals surface area contributed by atoms with Gasteiger partial charge in [0.2, 0.25) is 0 Å². The second kappa shape index (κ2) is 12.1. The summed E-state index contributed by atoms with van der Waals surface area (Å²) < 4.78 is 4.83. The van der Waals surface area contributed by atoms with E-state index in [9.17, 15) is 0 Å². The molecule has 0 atom stereocenters. The quantitative estimate of drug-likeness (QED) is 0.181. The van der Waals surface area contributed by atoms with Crippen molar-refractivity contribution in [3.63, 3.8) is 0 Å². The van der Waals surface area contributed by atoms with Gasteiger partial charge in [-0.15, -0.1) is 0 Å². The van der Waals surface area contributed by atoms with Crippen LogP contribution in [-0.2, 0) is 0 Å². The molecule has 0 unspecified atom stereocenters. The van der Waals surface area contributed by atoms with Crippen molar-refractivity contribution >= 4 is 54.5 Å². The third kappa shape index (κ3) is 4.62. The molecular weight excluding hydrogens is 659 g/mol. The van der Waals surface area contributed by atoms with Crippen molar-refractivity contribution in [2.45, 2.75) is 0 Å². The first kappa shape index (κ1) is 30.3. The Bertz CT molecular complexity index is 3140. The van der Waals surface area contributed by atoms with Crippen LogP contribution in [0.15, 0.2) is 188 Å². The third-order valence-electron chi connectivity index (χ3n) is 10.5. The predicted molar refractivity (Wildman–Crippen MR) is 222 cm³/mol. The number of nitrogens with zero attached hydrogens (tertiary/aromatic N) is 5. The van der Waals surface area contributed by atoms with Crippen molar-refractivity contribution in [3.05, 3.63) is 188 Å². The van der Waals surface area contributed by atoms with E-state index in [2.05, 4.69) is 167 Å². The van der Waals surface area contributed by atoms with Crippen molar-refractivity contribution in [2.75, 3.05) is 0 Å². The summed E-state index contributed by atoms with van der Waals surface area (Å²) in [6.45, 7) is 0. The van der Waals surface area contributed by atoms with E-state index in [1.807, 2.05) is 30.5 Å². The van der Waals surface area contributed by atoms with Crippen molar-refractivity contribution in [3.8, 4) is 45.3 Å². The summed E-state index contributed by atoms with van der Waals surface area (Å²) in [6, 6.07) is 63.9. The van der Waals surface area contributed by atoms with Gasteiger partial charge in [-0.05, 0) is 48.5 Å². The lowest BCUT2D eigenvalue weighted by atomic mass is 10.0. The van der Waals surface area contributed by atoms with Crippen LogP contribution in [0, 0.1) is 0 Å². The number of rotatable bonds is 5. The highest BCUT2D eigenvalue weighted by atomic mass is 15.0. The zero-order chi connectivity index (χ0) is 35.6. The van der Waals surface area contributed by atoms with Crippen LogP contribution in [0.3, 0.4) is 0 Å². The molecule has 7 aromatic carbocycles. The summed E-state index contributed by atoms with van der Waals surface area (Å²) in [7, 11) is 0. The monoisotopic (exact) mass is 689 g/mol. The van der Waals surface area contributed by atoms with Gasteiger partial charge in [-0.2, -0.15) is 0 Å². The SMILES string of the molecule is c1ccc(-c2cc(-c3cccc(-n4c5ccccc5c5c6cccnc6c6c(c7ccccc7n6-c6ccccc6)c54)c3)nc(-c3ccccc3)n2)cc1. The van der Waals surface area contributed by atoms with Crippen molar-refractivity contribution in [2.24, 2.45) is 0 Å². The second-order valence-electron chi connectivity index (χ2n) is 13.6. The molecule has 54 heavy (non-hydrogen) atoms. The molecule has 4 heterocycles. The van der Waals surface area contributed by atoms with Crippen molar-refractivity contribution in [1.29, 1.82) is 0 Å². The number of benzene rings is 7. The molecule has 0 aliphatic carbocycles. The molecule has 0 saturated carbocycles. The minimum absolute atomic E-state index is 0.698. The summed E-state index contributed by atoms with van der Waals surface area (Å²) in [5, 5.41) is 5.88. The Morgan fingerprint density at radius 2 is 0.907 bits per heavy atom. The van der Waals surface area contributed by atoms with Crippen LogP contribution in [0.25, 0.3) is 99.8 Å². The fraction of sp³-hybridized carbons (Fsp3) is 0. The van der Waals surface area contributed by atoms with Crippen LogP contribution in [-0.4, -0.2) is 24.1 Å². The van der Waals surface area contributed by atoms with Crippen molar-refractivity contribution in [1.82, 2.24) is 24.1 Å². The summed E-state index contributed by atoms with van der Waals surface area (Å²) in [4.78, 5) is 15.3. The maximum absolute atomic E-state index is 5.18. The molecule has 0 amide bonds. The van der Waals surface area contributed by atoms with Gasteiger partial charge < -0.3 is 9.13 Å². The molecule has 5 heteroatoms. The Kier molecular flexibility index (Phi) is 6.79. The predicted octanol–water partition coefficient (Wildman–Crippen LogP) is 12.2. The van der Waals surface area contributed by atoms with E-state index >= 15 is 0 Å². The normalized spacial score (nSPS) is 11.7. The Labute approximate surface area is 311 Å². The molecule has 0 saturated heterocycles. The van der Waals surface area contributed by atoms with E-state index in [0.717, 1.165) is 72.4 Å². The standard InChI is InChI=1S/C49H31N5/c1-4-16-32(17-5-1)40-31-41(52-49(51-40)33-18-6-2-7-19-33)34-20-14-23-36(30-34)54-42-27-12-10-24-37(42)44-39-26-15-29-50-46(39)48-45(47(44)54)38-25-11-13-28-43(38)53(48)35-21-8-3-9-22-35/h1-31H. The van der Waals surface area contributed by atoms with Gasteiger partial charge in [-0.3, -0.25) is 4.98 Å². The zero-order valence-corrected chi connectivity index (χ0v) is 29.1. The van der Waals surface area contributed by atoms with Crippen molar-refractivity contribution < 1.29 is 0 Å². The molecule has 5 nitrogen and oxygen atoms in total. The molecule has 0 spiro atoms. The minimum atomic E-state index is 0.698. The maximum Gasteiger partial charge on any atom is 0.160 e. The first-order chi connectivity index (χ1) is 26.8. The zero-order valence-electron chi connectivity index (χ0n) is 29.1. The van der Waals surface area contributed by atoms with Crippen LogP contribution in [0.2, 0.25) is 0 Å². The number of para-hydroxylation sites is 3. The topological polar surface area (TPSA) is 48.5 Å². The second-order valence-corrected chi connectivity index (χ2v) is 13.6. The van der Waals surface area contributed by atoms with Gasteiger partial charge in [0.1, 0.15) is 0 Å². The minimum Gasteiger partial charge on any atom is -0.308 e. The molecule has 252 valence electrons. The van der Waals surface area contributed by atoms with Gasteiger partial charge in [0, 0.05) is 61.2 Å². The molecule has 0 bridgehead atoms. The smallest absolute Gasteiger partial charge is 0.160 e. The average Bonchev–Trinajstić information content (AvgIpc) is 3.79. The van der Waals surface area contributed by atoms with Crippen LogP contribution in [0.4, 0.5) is 0 Å². The van der Waals surface area contributed by atoms with Crippen LogP contribution >= 0.6 is 0 Å². The number of pyridine rings is 1. The molecule has 0 aliphatic heterocycles. The molecule has 0 aliphatic rings. The summed E-state index contributed by atoms with van der Waals surface area (Å²) in [5.74, 6) is 0.698. The van der Waals surface area contributed by atoms with E-state index in [0.29, 0.717) is 5.82 Å². The Morgan fingerprint density at radius 1 is 0.370 bits per heavy atom. The molecule has 4 aromatic heterocycles. The first-order valence-corrected chi connectivity index (χ1v) is 18.2. The Balaban J connectivity index is 1.25. The number of aromatic nitrogens is 5. The molecular formula is C49H31N5. The molecule has 0 N–H and O–H groups in total. The molecule has 11 aromatic rings. The van der Waals surface area contributed by atoms with Gasteiger partial charge in [-0.1, -0.05) is 133 Å². The van der Waals surface area contributed by atoms with E-state index < -0.39 is 0 Å². The van der Waals surface area contributed by atoms with Gasteiger partial charge >= 0.3 is 0 Å². The number of fused-ring (bicyclic) bond motifs is 10. The average molecular weight is 690 g/mol. The van der Waals surface area contributed by atoms with Crippen LogP contribution < -0.4 is 0 Å². The number of hydrogen-bond acceptors (Lipinski definition) is 3. The first-order valence-electron chi connectivity index (χ1n) is 18.2. The van der Waals surface area contributed by atoms with Gasteiger partial charge in [0.15, 0.2) is 5.82 Å². The molecule has 11 rings (SSSR count).